The second-order valence-electron chi connectivity index (χ2n) is 7.73. The van der Waals surface area contributed by atoms with Crippen LogP contribution < -0.4 is 5.32 Å². The monoisotopic (exact) mass is 403 g/mol. The van der Waals surface area contributed by atoms with E-state index in [0.717, 1.165) is 49.8 Å². The number of aryl methyl sites for hydroxylation is 1. The fraction of sp³-hybridized carbons (Fsp3) is 0.500. The third-order valence-electron chi connectivity index (χ3n) is 5.56. The molecular formula is C20H25N3O4S. The predicted molar refractivity (Wildman–Crippen MR) is 105 cm³/mol. The number of carbonyl (C=O) groups excluding carboxylic acids is 1. The van der Waals surface area contributed by atoms with Crippen molar-refractivity contribution >= 4 is 21.8 Å². The molecule has 28 heavy (non-hydrogen) atoms. The third kappa shape index (κ3) is 3.71. The zero-order valence-corrected chi connectivity index (χ0v) is 16.8. The molecule has 8 heteroatoms. The van der Waals surface area contributed by atoms with Crippen molar-refractivity contribution in [2.45, 2.75) is 50.3 Å². The Balaban J connectivity index is 1.48. The zero-order chi connectivity index (χ0) is 19.7. The number of nitrogens with zero attached hydrogens (tertiary/aromatic N) is 2. The number of sulfonamides is 1. The molecule has 1 N–H and O–H groups in total. The van der Waals surface area contributed by atoms with Gasteiger partial charge in [-0.3, -0.25) is 10.1 Å². The molecule has 1 aliphatic carbocycles. The first-order valence-corrected chi connectivity index (χ1v) is 11.3. The molecule has 2 heterocycles. The third-order valence-corrected chi connectivity index (χ3v) is 7.44. The van der Waals surface area contributed by atoms with Crippen molar-refractivity contribution in [3.63, 3.8) is 0 Å². The van der Waals surface area contributed by atoms with E-state index in [-0.39, 0.29) is 10.8 Å². The SMILES string of the molecule is CC1CCCN(S(=O)(=O)c2ccc(C(=O)Nc3onc4c3CCCC4)cc2)C1. The maximum Gasteiger partial charge on any atom is 0.258 e. The molecule has 0 spiro atoms. The van der Waals surface area contributed by atoms with Crippen molar-refractivity contribution in [3.05, 3.63) is 41.1 Å². The van der Waals surface area contributed by atoms with E-state index in [1.807, 2.05) is 0 Å². The summed E-state index contributed by atoms with van der Waals surface area (Å²) in [4.78, 5) is 12.8. The first kappa shape index (κ1) is 19.1. The summed E-state index contributed by atoms with van der Waals surface area (Å²) in [6, 6.07) is 6.08. The second kappa shape index (κ2) is 7.67. The van der Waals surface area contributed by atoms with Crippen LogP contribution in [0.2, 0.25) is 0 Å². The Labute approximate surface area is 165 Å². The summed E-state index contributed by atoms with van der Waals surface area (Å²) in [6.45, 7) is 3.16. The van der Waals surface area contributed by atoms with Crippen LogP contribution in [0.5, 0.6) is 0 Å². The average Bonchev–Trinajstić information content (AvgIpc) is 3.11. The highest BCUT2D eigenvalue weighted by Gasteiger charge is 2.29. The summed E-state index contributed by atoms with van der Waals surface area (Å²) < 4.78 is 32.5. The van der Waals surface area contributed by atoms with Crippen molar-refractivity contribution in [1.82, 2.24) is 9.46 Å². The number of hydrogen-bond donors (Lipinski definition) is 1. The molecule has 0 radical (unpaired) electrons. The molecule has 1 aromatic heterocycles. The topological polar surface area (TPSA) is 92.5 Å². The lowest BCUT2D eigenvalue weighted by molar-refractivity contribution is 0.102. The molecule has 1 unspecified atom stereocenters. The van der Waals surface area contributed by atoms with Crippen LogP contribution in [-0.4, -0.2) is 36.9 Å². The molecule has 4 rings (SSSR count). The van der Waals surface area contributed by atoms with Gasteiger partial charge < -0.3 is 4.52 Å². The smallest absolute Gasteiger partial charge is 0.258 e. The average molecular weight is 404 g/mol. The molecule has 1 aromatic carbocycles. The Kier molecular flexibility index (Phi) is 5.25. The van der Waals surface area contributed by atoms with Crippen molar-refractivity contribution in [2.24, 2.45) is 5.92 Å². The Morgan fingerprint density at radius 2 is 1.93 bits per heavy atom. The van der Waals surface area contributed by atoms with E-state index in [1.165, 1.54) is 16.4 Å². The fourth-order valence-corrected chi connectivity index (χ4v) is 5.55. The van der Waals surface area contributed by atoms with Gasteiger partial charge in [0.2, 0.25) is 15.9 Å². The minimum Gasteiger partial charge on any atom is -0.338 e. The van der Waals surface area contributed by atoms with E-state index >= 15 is 0 Å². The highest BCUT2D eigenvalue weighted by molar-refractivity contribution is 7.89. The fourth-order valence-electron chi connectivity index (χ4n) is 3.96. The highest BCUT2D eigenvalue weighted by atomic mass is 32.2. The normalized spacial score (nSPS) is 20.5. The first-order chi connectivity index (χ1) is 13.4. The zero-order valence-electron chi connectivity index (χ0n) is 16.0. The van der Waals surface area contributed by atoms with Crippen LogP contribution in [0.25, 0.3) is 0 Å². The lowest BCUT2D eigenvalue weighted by atomic mass is 9.97. The van der Waals surface area contributed by atoms with Crippen LogP contribution in [0.4, 0.5) is 5.88 Å². The number of nitrogens with one attached hydrogen (secondary N) is 1. The summed E-state index contributed by atoms with van der Waals surface area (Å²) >= 11 is 0. The number of fused-ring (bicyclic) bond motifs is 1. The van der Waals surface area contributed by atoms with Gasteiger partial charge in [-0.2, -0.15) is 4.31 Å². The van der Waals surface area contributed by atoms with E-state index in [4.69, 9.17) is 4.52 Å². The van der Waals surface area contributed by atoms with Gasteiger partial charge in [-0.1, -0.05) is 12.1 Å². The maximum atomic E-state index is 12.8. The van der Waals surface area contributed by atoms with Gasteiger partial charge in [0.1, 0.15) is 0 Å². The second-order valence-corrected chi connectivity index (χ2v) is 9.67. The molecule has 2 aliphatic rings. The first-order valence-electron chi connectivity index (χ1n) is 9.84. The summed E-state index contributed by atoms with van der Waals surface area (Å²) in [6.07, 6.45) is 5.78. The van der Waals surface area contributed by atoms with Crippen LogP contribution >= 0.6 is 0 Å². The lowest BCUT2D eigenvalue weighted by Crippen LogP contribution is -2.39. The van der Waals surface area contributed by atoms with E-state index < -0.39 is 10.0 Å². The van der Waals surface area contributed by atoms with Crippen molar-refractivity contribution in [2.75, 3.05) is 18.4 Å². The van der Waals surface area contributed by atoms with Crippen LogP contribution in [-0.2, 0) is 22.9 Å². The quantitative estimate of drug-likeness (QED) is 0.846. The van der Waals surface area contributed by atoms with Gasteiger partial charge in [-0.05, 0) is 68.7 Å². The van der Waals surface area contributed by atoms with Gasteiger partial charge in [0.05, 0.1) is 10.6 Å². The predicted octanol–water partition coefficient (Wildman–Crippen LogP) is 3.23. The molecule has 1 aliphatic heterocycles. The molecule has 2 aromatic rings. The number of amides is 1. The van der Waals surface area contributed by atoms with Crippen LogP contribution in [0.3, 0.4) is 0 Å². The number of rotatable bonds is 4. The van der Waals surface area contributed by atoms with Crippen molar-refractivity contribution in [3.8, 4) is 0 Å². The Bertz CT molecular complexity index is 966. The van der Waals surface area contributed by atoms with E-state index in [0.29, 0.717) is 30.5 Å². The summed E-state index contributed by atoms with van der Waals surface area (Å²) in [5.74, 6) is 0.431. The molecule has 7 nitrogen and oxygen atoms in total. The summed E-state index contributed by atoms with van der Waals surface area (Å²) in [5.41, 5.74) is 2.27. The maximum absolute atomic E-state index is 12.8. The van der Waals surface area contributed by atoms with Crippen molar-refractivity contribution < 1.29 is 17.7 Å². The van der Waals surface area contributed by atoms with Crippen LogP contribution in [0.1, 0.15) is 54.2 Å². The molecule has 1 saturated heterocycles. The number of carbonyl (C=O) groups is 1. The summed E-state index contributed by atoms with van der Waals surface area (Å²) in [7, 11) is -3.53. The number of anilines is 1. The van der Waals surface area contributed by atoms with E-state index in [2.05, 4.69) is 17.4 Å². The summed E-state index contributed by atoms with van der Waals surface area (Å²) in [5, 5.41) is 6.80. The molecule has 0 saturated carbocycles. The number of aromatic nitrogens is 1. The molecular weight excluding hydrogens is 378 g/mol. The van der Waals surface area contributed by atoms with Gasteiger partial charge >= 0.3 is 0 Å². The van der Waals surface area contributed by atoms with Gasteiger partial charge in [0.25, 0.3) is 5.91 Å². The Morgan fingerprint density at radius 3 is 2.68 bits per heavy atom. The van der Waals surface area contributed by atoms with Gasteiger partial charge in [-0.25, -0.2) is 8.42 Å². The van der Waals surface area contributed by atoms with Gasteiger partial charge in [0.15, 0.2) is 0 Å². The number of hydrogen-bond acceptors (Lipinski definition) is 5. The van der Waals surface area contributed by atoms with Crippen LogP contribution in [0, 0.1) is 5.92 Å². The molecule has 1 atom stereocenters. The number of benzene rings is 1. The van der Waals surface area contributed by atoms with Crippen molar-refractivity contribution in [1.29, 1.82) is 0 Å². The number of piperidine rings is 1. The Morgan fingerprint density at radius 1 is 1.18 bits per heavy atom. The standard InChI is InChI=1S/C20H25N3O4S/c1-14-5-4-12-23(13-14)28(25,26)16-10-8-15(9-11-16)19(24)21-20-17-6-2-3-7-18(17)22-27-20/h8-11,14H,2-7,12-13H2,1H3,(H,21,24). The highest BCUT2D eigenvalue weighted by Crippen LogP contribution is 2.28. The molecule has 1 fully saturated rings. The van der Waals surface area contributed by atoms with Gasteiger partial charge in [-0.15, -0.1) is 0 Å². The van der Waals surface area contributed by atoms with Crippen LogP contribution in [0.15, 0.2) is 33.7 Å². The lowest BCUT2D eigenvalue weighted by Gasteiger charge is -2.30. The van der Waals surface area contributed by atoms with Gasteiger partial charge in [0, 0.05) is 24.2 Å². The largest absolute Gasteiger partial charge is 0.338 e. The molecule has 150 valence electrons. The molecule has 0 bridgehead atoms. The minimum atomic E-state index is -3.53. The minimum absolute atomic E-state index is 0.218. The Hall–Kier alpha value is -2.19. The van der Waals surface area contributed by atoms with E-state index in [9.17, 15) is 13.2 Å². The molecule has 1 amide bonds. The van der Waals surface area contributed by atoms with E-state index in [1.54, 1.807) is 12.1 Å².